The number of rotatable bonds is 4. The highest BCUT2D eigenvalue weighted by molar-refractivity contribution is 6.31. The lowest BCUT2D eigenvalue weighted by atomic mass is 10.1. The molecule has 10 heteroatoms. The minimum absolute atomic E-state index is 0.0923. The molecule has 0 fully saturated rings. The second-order valence-electron chi connectivity index (χ2n) is 8.82. The fourth-order valence-corrected chi connectivity index (χ4v) is 3.77. The molecule has 0 spiro atoms. The van der Waals surface area contributed by atoms with E-state index in [1.165, 1.54) is 12.3 Å². The number of carbonyl (C=O) groups excluding carboxylic acids is 1. The van der Waals surface area contributed by atoms with Crippen molar-refractivity contribution in [3.05, 3.63) is 83.2 Å². The molecule has 2 amide bonds. The number of halogens is 2. The number of pyridine rings is 2. The van der Waals surface area contributed by atoms with E-state index in [2.05, 4.69) is 9.97 Å². The molecule has 0 unspecified atom stereocenters. The van der Waals surface area contributed by atoms with Crippen LogP contribution < -0.4 is 4.90 Å². The fraction of sp³-hybridized carbons (Fsp3) is 0.200. The maximum atomic E-state index is 15.4. The van der Waals surface area contributed by atoms with Gasteiger partial charge >= 0.3 is 12.2 Å². The van der Waals surface area contributed by atoms with Crippen LogP contribution in [0.1, 0.15) is 31.9 Å². The molecule has 0 aliphatic heterocycles. The van der Waals surface area contributed by atoms with Gasteiger partial charge in [0.2, 0.25) is 0 Å². The number of ether oxygens (including phenoxy) is 1. The summed E-state index contributed by atoms with van der Waals surface area (Å²) >= 11 is 6.08. The standard InChI is InChI=1S/C25H22ClFN4O4/c1-25(2,3)35-24(34)31(23(32)33)22-21(27)17(6-8-29-22)10-15-11-19(14-28-13-15)30-9-7-16-12-18(26)4-5-20(16)30/h4-9,11-14H,10H2,1-3H3,(H,32,33). The van der Waals surface area contributed by atoms with E-state index >= 15 is 4.39 Å². The zero-order chi connectivity index (χ0) is 25.3. The molecule has 0 saturated carbocycles. The fourth-order valence-electron chi connectivity index (χ4n) is 3.59. The monoisotopic (exact) mass is 496 g/mol. The maximum Gasteiger partial charge on any atom is 0.425 e. The Balaban J connectivity index is 1.66. The highest BCUT2D eigenvalue weighted by Gasteiger charge is 2.32. The van der Waals surface area contributed by atoms with E-state index in [1.807, 2.05) is 35.0 Å². The van der Waals surface area contributed by atoms with Gasteiger partial charge in [0.15, 0.2) is 11.6 Å². The van der Waals surface area contributed by atoms with Crippen LogP contribution in [0.3, 0.4) is 0 Å². The van der Waals surface area contributed by atoms with E-state index < -0.39 is 29.4 Å². The van der Waals surface area contributed by atoms with Gasteiger partial charge in [0.1, 0.15) is 5.60 Å². The first kappa shape index (κ1) is 24.2. The van der Waals surface area contributed by atoms with Crippen LogP contribution in [0, 0.1) is 5.82 Å². The van der Waals surface area contributed by atoms with Crippen molar-refractivity contribution in [1.82, 2.24) is 14.5 Å². The molecule has 0 atom stereocenters. The molecular weight excluding hydrogens is 475 g/mol. The van der Waals surface area contributed by atoms with E-state index in [0.717, 1.165) is 16.6 Å². The van der Waals surface area contributed by atoms with Crippen LogP contribution in [0.2, 0.25) is 5.02 Å². The molecule has 0 bridgehead atoms. The van der Waals surface area contributed by atoms with Gasteiger partial charge in [-0.2, -0.15) is 4.90 Å². The quantitative estimate of drug-likeness (QED) is 0.360. The molecule has 3 heterocycles. The smallest absolute Gasteiger partial charge is 0.425 e. The van der Waals surface area contributed by atoms with Gasteiger partial charge < -0.3 is 14.4 Å². The minimum atomic E-state index is -1.70. The second kappa shape index (κ2) is 9.34. The van der Waals surface area contributed by atoms with Gasteiger partial charge in [0.05, 0.1) is 17.4 Å². The molecule has 4 rings (SSSR count). The molecule has 3 aromatic heterocycles. The summed E-state index contributed by atoms with van der Waals surface area (Å²) in [6.45, 7) is 4.73. The highest BCUT2D eigenvalue weighted by Crippen LogP contribution is 2.26. The predicted molar refractivity (Wildman–Crippen MR) is 130 cm³/mol. The zero-order valence-electron chi connectivity index (χ0n) is 19.2. The van der Waals surface area contributed by atoms with Crippen LogP contribution in [-0.4, -0.2) is 37.4 Å². The Morgan fingerprint density at radius 2 is 1.94 bits per heavy atom. The molecule has 8 nitrogen and oxygen atoms in total. The molecule has 0 radical (unpaired) electrons. The normalized spacial score (nSPS) is 11.5. The summed E-state index contributed by atoms with van der Waals surface area (Å²) in [7, 11) is 0. The Labute approximate surface area is 205 Å². The number of hydrogen-bond donors (Lipinski definition) is 1. The first-order chi connectivity index (χ1) is 16.5. The van der Waals surface area contributed by atoms with Crippen LogP contribution in [0.25, 0.3) is 16.6 Å². The third-order valence-corrected chi connectivity index (χ3v) is 5.27. The molecule has 1 N–H and O–H groups in total. The van der Waals surface area contributed by atoms with Gasteiger partial charge in [-0.25, -0.2) is 19.0 Å². The predicted octanol–water partition coefficient (Wildman–Crippen LogP) is 6.22. The van der Waals surface area contributed by atoms with Gasteiger partial charge in [-0.15, -0.1) is 0 Å². The number of aromatic nitrogens is 3. The Hall–Kier alpha value is -3.98. The topological polar surface area (TPSA) is 97.6 Å². The van der Waals surface area contributed by atoms with Gasteiger partial charge in [-0.05, 0) is 68.3 Å². The lowest BCUT2D eigenvalue weighted by Crippen LogP contribution is -2.41. The number of hydrogen-bond acceptors (Lipinski definition) is 5. The number of fused-ring (bicyclic) bond motifs is 1. The first-order valence-corrected chi connectivity index (χ1v) is 11.0. The Bertz CT molecular complexity index is 1430. The Morgan fingerprint density at radius 3 is 2.66 bits per heavy atom. The minimum Gasteiger partial charge on any atom is -0.464 e. The Kier molecular flexibility index (Phi) is 6.45. The molecule has 4 aromatic rings. The van der Waals surface area contributed by atoms with Gasteiger partial charge in [-0.1, -0.05) is 11.6 Å². The summed E-state index contributed by atoms with van der Waals surface area (Å²) < 4.78 is 22.4. The van der Waals surface area contributed by atoms with Crippen molar-refractivity contribution >= 4 is 40.5 Å². The van der Waals surface area contributed by atoms with Crippen molar-refractivity contribution in [1.29, 1.82) is 0 Å². The molecule has 0 saturated heterocycles. The van der Waals surface area contributed by atoms with Crippen molar-refractivity contribution in [3.8, 4) is 5.69 Å². The zero-order valence-corrected chi connectivity index (χ0v) is 20.0. The summed E-state index contributed by atoms with van der Waals surface area (Å²) in [6.07, 6.45) is 3.56. The van der Waals surface area contributed by atoms with E-state index in [4.69, 9.17) is 16.3 Å². The summed E-state index contributed by atoms with van der Waals surface area (Å²) in [5.41, 5.74) is 1.54. The molecule has 0 aliphatic rings. The SMILES string of the molecule is CC(C)(C)OC(=O)N(C(=O)O)c1nccc(Cc2cncc(-n3ccc4cc(Cl)ccc43)c2)c1F. The van der Waals surface area contributed by atoms with Crippen LogP contribution in [0.4, 0.5) is 19.8 Å². The number of amides is 2. The van der Waals surface area contributed by atoms with Crippen molar-refractivity contribution in [2.75, 3.05) is 4.90 Å². The number of nitrogens with zero attached hydrogens (tertiary/aromatic N) is 4. The van der Waals surface area contributed by atoms with Gasteiger partial charge in [0.25, 0.3) is 0 Å². The largest absolute Gasteiger partial charge is 0.464 e. The summed E-state index contributed by atoms with van der Waals surface area (Å²) in [5, 5.41) is 11.1. The van der Waals surface area contributed by atoms with Crippen molar-refractivity contribution in [3.63, 3.8) is 0 Å². The molecule has 0 aliphatic carbocycles. The molecule has 35 heavy (non-hydrogen) atoms. The molecule has 180 valence electrons. The van der Waals surface area contributed by atoms with Crippen LogP contribution in [0.15, 0.2) is 61.2 Å². The van der Waals surface area contributed by atoms with Crippen molar-refractivity contribution < 1.29 is 23.8 Å². The average molecular weight is 497 g/mol. The summed E-state index contributed by atoms with van der Waals surface area (Å²) in [4.78, 5) is 32.4. The third-order valence-electron chi connectivity index (χ3n) is 5.04. The van der Waals surface area contributed by atoms with E-state index in [-0.39, 0.29) is 16.9 Å². The second-order valence-corrected chi connectivity index (χ2v) is 9.26. The first-order valence-electron chi connectivity index (χ1n) is 10.6. The van der Waals surface area contributed by atoms with Crippen LogP contribution >= 0.6 is 11.6 Å². The summed E-state index contributed by atoms with van der Waals surface area (Å²) in [5.74, 6) is -1.59. The molecule has 1 aromatic carbocycles. The lowest BCUT2D eigenvalue weighted by Gasteiger charge is -2.24. The van der Waals surface area contributed by atoms with Gasteiger partial charge in [0, 0.05) is 35.4 Å². The highest BCUT2D eigenvalue weighted by atomic mass is 35.5. The average Bonchev–Trinajstić information content (AvgIpc) is 3.18. The van der Waals surface area contributed by atoms with Crippen molar-refractivity contribution in [2.45, 2.75) is 32.8 Å². The number of imide groups is 1. The van der Waals surface area contributed by atoms with E-state index in [1.54, 1.807) is 39.2 Å². The number of carboxylic acid groups (broad SMARTS) is 1. The molecular formula is C25H22ClFN4O4. The third kappa shape index (κ3) is 5.25. The van der Waals surface area contributed by atoms with E-state index in [9.17, 15) is 14.7 Å². The van der Waals surface area contributed by atoms with Crippen LogP contribution in [-0.2, 0) is 11.2 Å². The van der Waals surface area contributed by atoms with Crippen LogP contribution in [0.5, 0.6) is 0 Å². The lowest BCUT2D eigenvalue weighted by molar-refractivity contribution is 0.0579. The maximum absolute atomic E-state index is 15.4. The van der Waals surface area contributed by atoms with E-state index in [0.29, 0.717) is 10.6 Å². The van der Waals surface area contributed by atoms with Crippen molar-refractivity contribution in [2.24, 2.45) is 0 Å². The number of carbonyl (C=O) groups is 2. The number of benzene rings is 1. The number of anilines is 1. The Morgan fingerprint density at radius 1 is 1.17 bits per heavy atom. The summed E-state index contributed by atoms with van der Waals surface area (Å²) in [6, 6.07) is 10.8. The van der Waals surface area contributed by atoms with Gasteiger partial charge in [-0.3, -0.25) is 4.98 Å².